The Morgan fingerprint density at radius 3 is 2.75 bits per heavy atom. The molecule has 1 aromatic heterocycles. The molecule has 10 heteroatoms. The lowest BCUT2D eigenvalue weighted by molar-refractivity contribution is -0.123. The highest BCUT2D eigenvalue weighted by Crippen LogP contribution is 2.25. The van der Waals surface area contributed by atoms with Crippen molar-refractivity contribution in [3.8, 4) is 0 Å². The predicted molar refractivity (Wildman–Crippen MR) is 98.5 cm³/mol. The monoisotopic (exact) mass is 399 g/mol. The maximum Gasteiger partial charge on any atom is 0.164 e. The molecular weight excluding hydrogens is 372 g/mol. The minimum absolute atomic E-state index is 0.0431. The third kappa shape index (κ3) is 5.44. The maximum atomic E-state index is 13.8. The third-order valence-corrected chi connectivity index (χ3v) is 4.68. The van der Waals surface area contributed by atoms with E-state index in [-0.39, 0.29) is 36.9 Å². The van der Waals surface area contributed by atoms with Gasteiger partial charge in [0.05, 0.1) is 26.4 Å². The molecule has 2 aromatic rings. The fourth-order valence-corrected chi connectivity index (χ4v) is 2.82. The van der Waals surface area contributed by atoms with Crippen molar-refractivity contribution >= 4 is 5.78 Å². The zero-order valence-corrected chi connectivity index (χ0v) is 16.3. The Balaban J connectivity index is 2.10. The van der Waals surface area contributed by atoms with Gasteiger partial charge in [0, 0.05) is 24.7 Å². The van der Waals surface area contributed by atoms with Crippen LogP contribution >= 0.6 is 0 Å². The first-order chi connectivity index (χ1) is 13.3. The van der Waals surface area contributed by atoms with Crippen LogP contribution in [0.2, 0.25) is 0 Å². The summed E-state index contributed by atoms with van der Waals surface area (Å²) in [7, 11) is 3.20. The van der Waals surface area contributed by atoms with E-state index in [0.717, 1.165) is 6.07 Å². The number of aromatic nitrogens is 3. The molecule has 0 bridgehead atoms. The Morgan fingerprint density at radius 1 is 1.46 bits per heavy atom. The molecule has 0 spiro atoms. The number of hydrogen-bond acceptors (Lipinski definition) is 6. The van der Waals surface area contributed by atoms with Crippen molar-refractivity contribution in [1.82, 2.24) is 20.3 Å². The summed E-state index contributed by atoms with van der Waals surface area (Å²) < 4.78 is 39.3. The van der Waals surface area contributed by atoms with E-state index in [4.69, 9.17) is 15.2 Å². The summed E-state index contributed by atoms with van der Waals surface area (Å²) >= 11 is 0. The zero-order chi connectivity index (χ0) is 20.7. The molecule has 28 heavy (non-hydrogen) atoms. The van der Waals surface area contributed by atoms with Crippen LogP contribution in [0.4, 0.5) is 8.78 Å². The van der Waals surface area contributed by atoms with E-state index in [1.54, 1.807) is 18.8 Å². The summed E-state index contributed by atoms with van der Waals surface area (Å²) in [5, 5.41) is 9.83. The number of carbonyl (C=O) groups is 1. The van der Waals surface area contributed by atoms with E-state index in [2.05, 4.69) is 15.6 Å². The van der Waals surface area contributed by atoms with Crippen molar-refractivity contribution < 1.29 is 23.0 Å². The van der Waals surface area contributed by atoms with Crippen LogP contribution in [-0.4, -0.2) is 53.8 Å². The van der Waals surface area contributed by atoms with Gasteiger partial charge in [-0.2, -0.15) is 0 Å². The zero-order valence-electron chi connectivity index (χ0n) is 16.3. The Morgan fingerprint density at radius 2 is 2.21 bits per heavy atom. The number of ketones is 1. The Kier molecular flexibility index (Phi) is 7.81. The number of methoxy groups -OCH3 is 1. The lowest BCUT2D eigenvalue weighted by Crippen LogP contribution is -2.58. The van der Waals surface area contributed by atoms with Crippen LogP contribution in [0, 0.1) is 11.6 Å². The van der Waals surface area contributed by atoms with Gasteiger partial charge in [0.25, 0.3) is 0 Å². The fourth-order valence-electron chi connectivity index (χ4n) is 2.82. The normalized spacial score (nSPS) is 14.8. The fraction of sp³-hybridized carbons (Fsp3) is 0.556. The molecule has 0 saturated carbocycles. The SMILES string of the molecule is CNC(N)(CC(COCc1ccc(F)cc1F)c1n[nH]n1CCOC)C(C)=O. The average Bonchev–Trinajstić information content (AvgIpc) is 2.62. The lowest BCUT2D eigenvalue weighted by Gasteiger charge is -2.32. The number of Topliss-reactive ketones (excluding diaryl/α,β-unsaturated/α-hetero) is 1. The number of nitrogens with zero attached hydrogens (tertiary/aromatic N) is 2. The van der Waals surface area contributed by atoms with Crippen LogP contribution in [0.3, 0.4) is 0 Å². The van der Waals surface area contributed by atoms with Gasteiger partial charge < -0.3 is 15.2 Å². The van der Waals surface area contributed by atoms with Crippen LogP contribution in [0.1, 0.15) is 30.7 Å². The number of likely N-dealkylation sites (N-methyl/N-ethyl adjacent to an activating group) is 1. The number of H-pyrrole nitrogens is 1. The molecule has 2 unspecified atom stereocenters. The van der Waals surface area contributed by atoms with Crippen molar-refractivity contribution in [2.24, 2.45) is 5.73 Å². The molecule has 0 amide bonds. The summed E-state index contributed by atoms with van der Waals surface area (Å²) in [6, 6.07) is 3.32. The average molecular weight is 399 g/mol. The maximum absolute atomic E-state index is 13.8. The highest BCUT2D eigenvalue weighted by molar-refractivity contribution is 5.85. The highest BCUT2D eigenvalue weighted by atomic mass is 19.1. The van der Waals surface area contributed by atoms with Crippen molar-refractivity contribution in [2.75, 3.05) is 27.4 Å². The molecule has 4 N–H and O–H groups in total. The van der Waals surface area contributed by atoms with Crippen LogP contribution in [0.25, 0.3) is 0 Å². The third-order valence-electron chi connectivity index (χ3n) is 4.68. The van der Waals surface area contributed by atoms with E-state index in [1.165, 1.54) is 19.1 Å². The predicted octanol–water partition coefficient (Wildman–Crippen LogP) is 1.29. The number of rotatable bonds is 12. The standard InChI is InChI=1S/C18H27F2N5O3/c1-12(26)18(21,22-2)9-14(17-23-24-25(17)6-7-27-3)11-28-10-13-4-5-15(19)8-16(13)20/h4-5,8,14,22,24H,6-7,9-11,21H2,1-3H3. The number of carbonyl (C=O) groups excluding carboxylic acids is 1. The summed E-state index contributed by atoms with van der Waals surface area (Å²) in [4.78, 5) is 12.0. The molecule has 0 aliphatic heterocycles. The second-order valence-electron chi connectivity index (χ2n) is 6.64. The number of aromatic amines is 1. The minimum Gasteiger partial charge on any atom is -0.383 e. The Hall–Kier alpha value is -2.14. The molecule has 0 aliphatic rings. The largest absolute Gasteiger partial charge is 0.383 e. The molecule has 0 fully saturated rings. The molecule has 1 aromatic carbocycles. The van der Waals surface area contributed by atoms with Gasteiger partial charge in [-0.15, -0.1) is 5.10 Å². The second-order valence-corrected chi connectivity index (χ2v) is 6.64. The number of nitrogens with one attached hydrogen (secondary N) is 2. The van der Waals surface area contributed by atoms with Gasteiger partial charge in [-0.05, 0) is 26.5 Å². The molecule has 2 rings (SSSR count). The van der Waals surface area contributed by atoms with E-state index in [9.17, 15) is 13.6 Å². The number of benzene rings is 1. The molecule has 8 nitrogen and oxygen atoms in total. The Bertz CT molecular complexity index is 779. The van der Waals surface area contributed by atoms with Crippen LogP contribution in [-0.2, 0) is 27.4 Å². The van der Waals surface area contributed by atoms with Gasteiger partial charge in [-0.3, -0.25) is 14.8 Å². The van der Waals surface area contributed by atoms with Crippen LogP contribution < -0.4 is 11.1 Å². The second kappa shape index (κ2) is 9.87. The molecular formula is C18H27F2N5O3. The van der Waals surface area contributed by atoms with E-state index < -0.39 is 17.3 Å². The molecule has 0 radical (unpaired) electrons. The molecule has 1 heterocycles. The summed E-state index contributed by atoms with van der Waals surface area (Å²) in [5.41, 5.74) is 5.18. The smallest absolute Gasteiger partial charge is 0.164 e. The molecule has 2 atom stereocenters. The number of ether oxygens (including phenoxy) is 2. The van der Waals surface area contributed by atoms with Gasteiger partial charge in [-0.1, -0.05) is 6.07 Å². The number of halogens is 2. The summed E-state index contributed by atoms with van der Waals surface area (Å²) in [6.45, 7) is 2.54. The van der Waals surface area contributed by atoms with Gasteiger partial charge in [0.2, 0.25) is 0 Å². The van der Waals surface area contributed by atoms with E-state index in [1.807, 2.05) is 0 Å². The molecule has 0 aliphatic carbocycles. The molecule has 156 valence electrons. The topological polar surface area (TPSA) is 107 Å². The highest BCUT2D eigenvalue weighted by Gasteiger charge is 2.35. The van der Waals surface area contributed by atoms with Gasteiger partial charge in [0.15, 0.2) is 11.6 Å². The molecule has 0 saturated heterocycles. The van der Waals surface area contributed by atoms with Crippen LogP contribution in [0.15, 0.2) is 18.2 Å². The number of hydrogen-bond donors (Lipinski definition) is 3. The first-order valence-electron chi connectivity index (χ1n) is 8.91. The van der Waals surface area contributed by atoms with E-state index in [0.29, 0.717) is 19.0 Å². The summed E-state index contributed by atoms with van der Waals surface area (Å²) in [5.74, 6) is -1.20. The van der Waals surface area contributed by atoms with Gasteiger partial charge >= 0.3 is 0 Å². The summed E-state index contributed by atoms with van der Waals surface area (Å²) in [6.07, 6.45) is 0.231. The first kappa shape index (κ1) is 22.2. The Labute approximate surface area is 162 Å². The quantitative estimate of drug-likeness (QED) is 0.464. The van der Waals surface area contributed by atoms with Gasteiger partial charge in [0.1, 0.15) is 17.3 Å². The van der Waals surface area contributed by atoms with Gasteiger partial charge in [-0.25, -0.2) is 14.0 Å². The van der Waals surface area contributed by atoms with Crippen LogP contribution in [0.5, 0.6) is 0 Å². The van der Waals surface area contributed by atoms with Crippen molar-refractivity contribution in [3.05, 3.63) is 41.2 Å². The number of nitrogens with two attached hydrogens (primary N) is 1. The lowest BCUT2D eigenvalue weighted by atomic mass is 9.92. The van der Waals surface area contributed by atoms with Crippen molar-refractivity contribution in [1.29, 1.82) is 0 Å². The van der Waals surface area contributed by atoms with E-state index >= 15 is 0 Å². The van der Waals surface area contributed by atoms with Crippen molar-refractivity contribution in [2.45, 2.75) is 38.1 Å². The first-order valence-corrected chi connectivity index (χ1v) is 8.91. The minimum atomic E-state index is -1.25. The van der Waals surface area contributed by atoms with Crippen molar-refractivity contribution in [3.63, 3.8) is 0 Å².